The van der Waals surface area contributed by atoms with Crippen LogP contribution in [0.4, 0.5) is 0 Å². The van der Waals surface area contributed by atoms with Crippen LogP contribution in [0.5, 0.6) is 0 Å². The van der Waals surface area contributed by atoms with Crippen LogP contribution in [0, 0.1) is 6.92 Å². The lowest BCUT2D eigenvalue weighted by molar-refractivity contribution is 0.205. The Hall–Kier alpha value is -2.40. The Balaban J connectivity index is 1.23. The maximum absolute atomic E-state index is 4.61. The number of aromatic nitrogens is 4. The van der Waals surface area contributed by atoms with Crippen LogP contribution >= 0.6 is 0 Å². The van der Waals surface area contributed by atoms with E-state index in [0.717, 1.165) is 18.8 Å². The van der Waals surface area contributed by atoms with Crippen molar-refractivity contribution in [3.8, 4) is 0 Å². The van der Waals surface area contributed by atoms with Gasteiger partial charge in [-0.25, -0.2) is 4.98 Å². The summed E-state index contributed by atoms with van der Waals surface area (Å²) in [7, 11) is 0. The van der Waals surface area contributed by atoms with Crippen molar-refractivity contribution < 1.29 is 0 Å². The van der Waals surface area contributed by atoms with Crippen molar-refractivity contribution >= 4 is 0 Å². The van der Waals surface area contributed by atoms with Gasteiger partial charge in [-0.3, -0.25) is 5.10 Å². The molecule has 0 amide bonds. The lowest BCUT2D eigenvalue weighted by Crippen LogP contribution is -2.34. The van der Waals surface area contributed by atoms with E-state index in [9.17, 15) is 0 Å². The molecule has 1 aromatic carbocycles. The normalized spacial score (nSPS) is 16.0. The van der Waals surface area contributed by atoms with Crippen molar-refractivity contribution in [2.45, 2.75) is 45.1 Å². The molecular formula is C22H29N5. The maximum Gasteiger partial charge on any atom is 0.105 e. The fraction of sp³-hybridized carbons (Fsp3) is 0.455. The van der Waals surface area contributed by atoms with Gasteiger partial charge in [0, 0.05) is 37.0 Å². The Morgan fingerprint density at radius 3 is 2.67 bits per heavy atom. The SMILES string of the molecule is Cc1nccn1CCCN1CCC(c2cc(Cc3ccccc3)[nH]n2)CC1. The highest BCUT2D eigenvalue weighted by molar-refractivity contribution is 5.23. The third kappa shape index (κ3) is 4.66. The van der Waals surface area contributed by atoms with E-state index in [1.807, 2.05) is 6.20 Å². The number of benzene rings is 1. The summed E-state index contributed by atoms with van der Waals surface area (Å²) < 4.78 is 2.24. The summed E-state index contributed by atoms with van der Waals surface area (Å²) >= 11 is 0. The van der Waals surface area contributed by atoms with E-state index in [-0.39, 0.29) is 0 Å². The van der Waals surface area contributed by atoms with Gasteiger partial charge in [-0.05, 0) is 57.5 Å². The zero-order valence-corrected chi connectivity index (χ0v) is 16.1. The van der Waals surface area contributed by atoms with Crippen molar-refractivity contribution in [2.75, 3.05) is 19.6 Å². The molecule has 0 atom stereocenters. The van der Waals surface area contributed by atoms with Gasteiger partial charge in [0.15, 0.2) is 0 Å². The maximum atomic E-state index is 4.61. The molecule has 0 saturated carbocycles. The average Bonchev–Trinajstić information content (AvgIpc) is 3.33. The Morgan fingerprint density at radius 2 is 1.93 bits per heavy atom. The summed E-state index contributed by atoms with van der Waals surface area (Å²) in [6, 6.07) is 12.9. The number of aryl methyl sites for hydroxylation is 2. The molecule has 142 valence electrons. The van der Waals surface area contributed by atoms with Crippen molar-refractivity contribution in [3.63, 3.8) is 0 Å². The molecule has 1 fully saturated rings. The summed E-state index contributed by atoms with van der Waals surface area (Å²) in [5.41, 5.74) is 3.79. The number of nitrogens with zero attached hydrogens (tertiary/aromatic N) is 4. The van der Waals surface area contributed by atoms with Gasteiger partial charge in [0.25, 0.3) is 0 Å². The number of hydrogen-bond acceptors (Lipinski definition) is 3. The monoisotopic (exact) mass is 363 g/mol. The molecule has 0 spiro atoms. The minimum Gasteiger partial charge on any atom is -0.335 e. The van der Waals surface area contributed by atoms with Crippen LogP contribution in [0.2, 0.25) is 0 Å². The molecule has 1 aliphatic rings. The molecule has 3 aromatic rings. The van der Waals surface area contributed by atoms with Gasteiger partial charge in [-0.1, -0.05) is 30.3 Å². The first-order chi connectivity index (χ1) is 13.3. The van der Waals surface area contributed by atoms with Crippen molar-refractivity contribution in [1.82, 2.24) is 24.6 Å². The quantitative estimate of drug-likeness (QED) is 0.695. The predicted octanol–water partition coefficient (Wildman–Crippen LogP) is 3.78. The Bertz CT molecular complexity index is 827. The molecule has 5 nitrogen and oxygen atoms in total. The first-order valence-electron chi connectivity index (χ1n) is 10.1. The summed E-state index contributed by atoms with van der Waals surface area (Å²) in [4.78, 5) is 6.89. The standard InChI is InChI=1S/C22H29N5/c1-18-23-10-15-27(18)12-5-11-26-13-8-20(9-14-26)22-17-21(24-25-22)16-19-6-3-2-4-7-19/h2-4,6-7,10,15,17,20H,5,8-9,11-14,16H2,1H3,(H,24,25). The van der Waals surface area contributed by atoms with E-state index >= 15 is 0 Å². The zero-order chi connectivity index (χ0) is 18.5. The minimum absolute atomic E-state index is 0.595. The Kier molecular flexibility index (Phi) is 5.68. The second-order valence-electron chi connectivity index (χ2n) is 7.62. The van der Waals surface area contributed by atoms with Crippen LogP contribution in [-0.4, -0.2) is 44.3 Å². The van der Waals surface area contributed by atoms with Gasteiger partial charge in [0.2, 0.25) is 0 Å². The second kappa shape index (κ2) is 8.53. The third-order valence-electron chi connectivity index (χ3n) is 5.69. The molecule has 0 radical (unpaired) electrons. The predicted molar refractivity (Wildman–Crippen MR) is 108 cm³/mol. The van der Waals surface area contributed by atoms with Crippen LogP contribution in [0.15, 0.2) is 48.8 Å². The number of H-pyrrole nitrogens is 1. The number of piperidine rings is 1. The third-order valence-corrected chi connectivity index (χ3v) is 5.69. The second-order valence-corrected chi connectivity index (χ2v) is 7.62. The number of imidazole rings is 1. The van der Waals surface area contributed by atoms with E-state index < -0.39 is 0 Å². The lowest BCUT2D eigenvalue weighted by atomic mass is 9.93. The fourth-order valence-corrected chi connectivity index (χ4v) is 4.05. The Labute approximate surface area is 161 Å². The fourth-order valence-electron chi connectivity index (χ4n) is 4.05. The molecule has 1 saturated heterocycles. The molecule has 0 bridgehead atoms. The molecule has 4 rings (SSSR count). The smallest absolute Gasteiger partial charge is 0.105 e. The van der Waals surface area contributed by atoms with Crippen LogP contribution < -0.4 is 0 Å². The molecule has 27 heavy (non-hydrogen) atoms. The molecule has 0 aliphatic carbocycles. The topological polar surface area (TPSA) is 49.7 Å². The average molecular weight is 364 g/mol. The van der Waals surface area contributed by atoms with Gasteiger partial charge in [0.05, 0.1) is 5.69 Å². The molecule has 0 unspecified atom stereocenters. The van der Waals surface area contributed by atoms with Gasteiger partial charge < -0.3 is 9.47 Å². The number of rotatable bonds is 7. The van der Waals surface area contributed by atoms with Crippen molar-refractivity contribution in [3.05, 3.63) is 71.6 Å². The largest absolute Gasteiger partial charge is 0.335 e. The van der Waals surface area contributed by atoms with E-state index in [1.165, 1.54) is 55.8 Å². The van der Waals surface area contributed by atoms with Gasteiger partial charge in [-0.15, -0.1) is 0 Å². The van der Waals surface area contributed by atoms with E-state index in [2.05, 4.69) is 74.2 Å². The van der Waals surface area contributed by atoms with Crippen molar-refractivity contribution in [2.24, 2.45) is 0 Å². The highest BCUT2D eigenvalue weighted by Gasteiger charge is 2.22. The van der Waals surface area contributed by atoms with Gasteiger partial charge in [-0.2, -0.15) is 5.10 Å². The highest BCUT2D eigenvalue weighted by Crippen LogP contribution is 2.27. The van der Waals surface area contributed by atoms with Crippen LogP contribution in [0.3, 0.4) is 0 Å². The van der Waals surface area contributed by atoms with Crippen LogP contribution in [0.1, 0.15) is 48.0 Å². The summed E-state index contributed by atoms with van der Waals surface area (Å²) in [5, 5.41) is 7.86. The van der Waals surface area contributed by atoms with Gasteiger partial charge in [0.1, 0.15) is 5.82 Å². The van der Waals surface area contributed by atoms with Crippen LogP contribution in [-0.2, 0) is 13.0 Å². The molecule has 2 aromatic heterocycles. The van der Waals surface area contributed by atoms with Crippen LogP contribution in [0.25, 0.3) is 0 Å². The lowest BCUT2D eigenvalue weighted by Gasteiger charge is -2.31. The minimum atomic E-state index is 0.595. The molecule has 3 heterocycles. The first kappa shape index (κ1) is 18.0. The highest BCUT2D eigenvalue weighted by atomic mass is 15.1. The van der Waals surface area contributed by atoms with E-state index in [0.29, 0.717) is 5.92 Å². The molecule has 1 aliphatic heterocycles. The van der Waals surface area contributed by atoms with Gasteiger partial charge >= 0.3 is 0 Å². The number of nitrogens with one attached hydrogen (secondary N) is 1. The summed E-state index contributed by atoms with van der Waals surface area (Å²) in [6.07, 6.45) is 8.49. The summed E-state index contributed by atoms with van der Waals surface area (Å²) in [5.74, 6) is 1.71. The first-order valence-corrected chi connectivity index (χ1v) is 10.1. The zero-order valence-electron chi connectivity index (χ0n) is 16.1. The van der Waals surface area contributed by atoms with Crippen molar-refractivity contribution in [1.29, 1.82) is 0 Å². The number of aromatic amines is 1. The molecule has 5 heteroatoms. The molecular weight excluding hydrogens is 334 g/mol. The van der Waals surface area contributed by atoms with E-state index in [4.69, 9.17) is 0 Å². The summed E-state index contributed by atoms with van der Waals surface area (Å²) in [6.45, 7) is 6.66. The number of likely N-dealkylation sites (tertiary alicyclic amines) is 1. The van der Waals surface area contributed by atoms with E-state index in [1.54, 1.807) is 0 Å². The number of hydrogen-bond donors (Lipinski definition) is 1. The molecule has 1 N–H and O–H groups in total. The Morgan fingerprint density at radius 1 is 1.11 bits per heavy atom.